The number of hydrogen-bond acceptors (Lipinski definition) is 8. The summed E-state index contributed by atoms with van der Waals surface area (Å²) < 4.78 is 16.8. The van der Waals surface area contributed by atoms with Gasteiger partial charge in [-0.05, 0) is 60.2 Å². The molecule has 1 aromatic heterocycles. The summed E-state index contributed by atoms with van der Waals surface area (Å²) in [6.07, 6.45) is 6.46. The number of nitrogens with one attached hydrogen (secondary N) is 5. The lowest BCUT2D eigenvalue weighted by atomic mass is 9.88. The quantitative estimate of drug-likeness (QED) is 0.0643. The van der Waals surface area contributed by atoms with E-state index in [1.807, 2.05) is 91.1 Å². The van der Waals surface area contributed by atoms with E-state index in [9.17, 15) is 24.0 Å². The third kappa shape index (κ3) is 13.0. The first-order valence-corrected chi connectivity index (χ1v) is 20.9. The second-order valence-corrected chi connectivity index (χ2v) is 15.5. The average molecular weight is 830 g/mol. The van der Waals surface area contributed by atoms with Crippen molar-refractivity contribution in [3.63, 3.8) is 0 Å². The first kappa shape index (κ1) is 44.1. The van der Waals surface area contributed by atoms with Crippen molar-refractivity contribution < 1.29 is 38.2 Å². The molecule has 0 bridgehead atoms. The van der Waals surface area contributed by atoms with Gasteiger partial charge in [0.15, 0.2) is 0 Å². The Balaban J connectivity index is 1.22. The van der Waals surface area contributed by atoms with Gasteiger partial charge in [0.2, 0.25) is 23.6 Å². The highest BCUT2D eigenvalue weighted by molar-refractivity contribution is 5.96. The Morgan fingerprint density at radius 2 is 1.23 bits per heavy atom. The lowest BCUT2D eigenvalue weighted by Gasteiger charge is -2.27. The second-order valence-electron chi connectivity index (χ2n) is 15.5. The Morgan fingerprint density at radius 3 is 1.92 bits per heavy atom. The van der Waals surface area contributed by atoms with Gasteiger partial charge in [0.05, 0.1) is 20.3 Å². The van der Waals surface area contributed by atoms with Gasteiger partial charge >= 0.3 is 5.97 Å². The maximum absolute atomic E-state index is 14.4. The van der Waals surface area contributed by atoms with Gasteiger partial charge in [-0.25, -0.2) is 4.79 Å². The number of amides is 4. The number of aromatic amines is 1. The molecule has 0 radical (unpaired) electrons. The highest BCUT2D eigenvalue weighted by atomic mass is 16.5. The monoisotopic (exact) mass is 829 g/mol. The van der Waals surface area contributed by atoms with Crippen LogP contribution in [0.3, 0.4) is 0 Å². The van der Waals surface area contributed by atoms with Crippen molar-refractivity contribution in [1.82, 2.24) is 26.3 Å². The largest absolute Gasteiger partial charge is 0.489 e. The Bertz CT molecular complexity index is 2210. The summed E-state index contributed by atoms with van der Waals surface area (Å²) in [5.41, 5.74) is 4.28. The molecular weight excluding hydrogens is 775 g/mol. The van der Waals surface area contributed by atoms with Crippen LogP contribution in [0, 0.1) is 5.92 Å². The summed E-state index contributed by atoms with van der Waals surface area (Å²) >= 11 is 0. The molecule has 1 aliphatic rings. The van der Waals surface area contributed by atoms with Gasteiger partial charge in [-0.15, -0.1) is 0 Å². The molecule has 61 heavy (non-hydrogen) atoms. The normalized spacial score (nSPS) is 14.8. The number of carbonyl (C=O) groups excluding carboxylic acids is 5. The Kier molecular flexibility index (Phi) is 16.1. The summed E-state index contributed by atoms with van der Waals surface area (Å²) in [6.45, 7) is 1.76. The van der Waals surface area contributed by atoms with E-state index in [4.69, 9.17) is 14.2 Å². The number of rotatable bonds is 20. The van der Waals surface area contributed by atoms with Crippen LogP contribution in [0.2, 0.25) is 0 Å². The summed E-state index contributed by atoms with van der Waals surface area (Å²) in [6, 6.07) is 29.5. The number of H-pyrrole nitrogens is 1. The van der Waals surface area contributed by atoms with Crippen LogP contribution in [0.25, 0.3) is 10.9 Å². The van der Waals surface area contributed by atoms with Crippen LogP contribution >= 0.6 is 0 Å². The van der Waals surface area contributed by atoms with Crippen molar-refractivity contribution >= 4 is 40.5 Å². The number of para-hydroxylation sites is 1. The van der Waals surface area contributed by atoms with Crippen molar-refractivity contribution in [2.75, 3.05) is 13.7 Å². The molecular formula is C48H55N5O8. The maximum atomic E-state index is 14.4. The van der Waals surface area contributed by atoms with Crippen molar-refractivity contribution in [2.24, 2.45) is 5.92 Å². The van der Waals surface area contributed by atoms with Crippen LogP contribution in [-0.4, -0.2) is 72.5 Å². The van der Waals surface area contributed by atoms with Gasteiger partial charge < -0.3 is 40.5 Å². The van der Waals surface area contributed by atoms with Crippen molar-refractivity contribution in [1.29, 1.82) is 0 Å². The molecule has 1 aliphatic carbocycles. The van der Waals surface area contributed by atoms with E-state index in [0.29, 0.717) is 17.9 Å². The van der Waals surface area contributed by atoms with Gasteiger partial charge in [0.1, 0.15) is 36.5 Å². The van der Waals surface area contributed by atoms with Crippen molar-refractivity contribution in [3.05, 3.63) is 138 Å². The van der Waals surface area contributed by atoms with E-state index >= 15 is 0 Å². The molecule has 5 N–H and O–H groups in total. The minimum absolute atomic E-state index is 0.0383. The standard InChI is InChI=1S/C48H55N5O8/c1-32(48(58)59-2)50-45(55)41(26-33-22-24-38(25-23-33)61-30-35-16-8-4-9-17-35)52-47(57)43(31-60-29-34-14-6-3-7-15-34)53-46(56)42(51-44(54)36-18-10-5-11-19-36)27-37-28-49-40-21-13-12-20-39(37)40/h3-4,6-9,12-17,20-25,28,32,36,41-43,49H,5,10-11,18-19,26-27,29-31H2,1-2H3,(H,50,55)(H,51,54)(H,52,57)(H,53,56)/t32-,41+,42+,43+/m1/s1. The fourth-order valence-corrected chi connectivity index (χ4v) is 7.44. The minimum Gasteiger partial charge on any atom is -0.489 e. The number of methoxy groups -OCH3 is 1. The molecule has 4 aromatic carbocycles. The van der Waals surface area contributed by atoms with Gasteiger partial charge in [0, 0.05) is 35.9 Å². The van der Waals surface area contributed by atoms with Crippen molar-refractivity contribution in [3.8, 4) is 5.75 Å². The van der Waals surface area contributed by atoms with Crippen LogP contribution in [0.15, 0.2) is 115 Å². The molecule has 5 aromatic rings. The molecule has 4 atom stereocenters. The molecule has 4 amide bonds. The predicted molar refractivity (Wildman–Crippen MR) is 231 cm³/mol. The van der Waals surface area contributed by atoms with E-state index < -0.39 is 47.9 Å². The van der Waals surface area contributed by atoms with Gasteiger partial charge in [0.25, 0.3) is 0 Å². The number of fused-ring (bicyclic) bond motifs is 1. The van der Waals surface area contributed by atoms with E-state index in [1.54, 1.807) is 24.3 Å². The molecule has 0 unspecified atom stereocenters. The zero-order valence-corrected chi connectivity index (χ0v) is 34.7. The highest BCUT2D eigenvalue weighted by Crippen LogP contribution is 2.25. The number of esters is 1. The number of aromatic nitrogens is 1. The zero-order valence-electron chi connectivity index (χ0n) is 34.7. The lowest BCUT2D eigenvalue weighted by molar-refractivity contribution is -0.145. The summed E-state index contributed by atoms with van der Waals surface area (Å²) in [4.78, 5) is 71.8. The average Bonchev–Trinajstić information content (AvgIpc) is 3.70. The SMILES string of the molecule is COC(=O)[C@@H](C)NC(=O)[C@H](Cc1ccc(OCc2ccccc2)cc1)NC(=O)[C@H](COCc1ccccc1)NC(=O)[C@H](Cc1c[nH]c2ccccc12)NC(=O)C1CCCCC1. The number of ether oxygens (including phenoxy) is 3. The van der Waals surface area contributed by atoms with E-state index in [1.165, 1.54) is 14.0 Å². The van der Waals surface area contributed by atoms with Gasteiger partial charge in [-0.1, -0.05) is 110 Å². The summed E-state index contributed by atoms with van der Waals surface area (Å²) in [5.74, 6) is -2.36. The number of carbonyl (C=O) groups is 5. The zero-order chi connectivity index (χ0) is 43.0. The minimum atomic E-state index is -1.28. The third-order valence-corrected chi connectivity index (χ3v) is 10.9. The lowest BCUT2D eigenvalue weighted by Crippen LogP contribution is -2.59. The first-order valence-electron chi connectivity index (χ1n) is 20.9. The van der Waals surface area contributed by atoms with Crippen LogP contribution in [0.1, 0.15) is 61.3 Å². The number of benzene rings is 4. The van der Waals surface area contributed by atoms with Crippen molar-refractivity contribution in [2.45, 2.75) is 89.3 Å². The highest BCUT2D eigenvalue weighted by Gasteiger charge is 2.33. The topological polar surface area (TPSA) is 177 Å². The van der Waals surface area contributed by atoms with E-state index in [-0.39, 0.29) is 37.9 Å². The van der Waals surface area contributed by atoms with E-state index in [0.717, 1.165) is 59.7 Å². The summed E-state index contributed by atoms with van der Waals surface area (Å²) in [7, 11) is 1.22. The predicted octanol–water partition coefficient (Wildman–Crippen LogP) is 5.46. The van der Waals surface area contributed by atoms with Crippen LogP contribution in [0.5, 0.6) is 5.75 Å². The molecule has 0 saturated heterocycles. The summed E-state index contributed by atoms with van der Waals surface area (Å²) in [5, 5.41) is 12.2. The number of hydrogen-bond donors (Lipinski definition) is 5. The Morgan fingerprint density at radius 1 is 0.639 bits per heavy atom. The smallest absolute Gasteiger partial charge is 0.328 e. The fourth-order valence-electron chi connectivity index (χ4n) is 7.44. The molecule has 1 fully saturated rings. The maximum Gasteiger partial charge on any atom is 0.328 e. The van der Waals surface area contributed by atoms with Crippen LogP contribution in [-0.2, 0) is 59.5 Å². The van der Waals surface area contributed by atoms with E-state index in [2.05, 4.69) is 26.3 Å². The molecule has 320 valence electrons. The molecule has 0 spiro atoms. The Hall–Kier alpha value is -6.47. The third-order valence-electron chi connectivity index (χ3n) is 10.9. The first-order chi connectivity index (χ1) is 29.7. The Labute approximate surface area is 356 Å². The second kappa shape index (κ2) is 22.2. The van der Waals surface area contributed by atoms with Gasteiger partial charge in [-0.3, -0.25) is 19.2 Å². The molecule has 13 nitrogen and oxygen atoms in total. The fraction of sp³-hybridized carbons (Fsp3) is 0.354. The molecule has 13 heteroatoms. The molecule has 0 aliphatic heterocycles. The van der Waals surface area contributed by atoms with Crippen LogP contribution in [0.4, 0.5) is 0 Å². The van der Waals surface area contributed by atoms with Gasteiger partial charge in [-0.2, -0.15) is 0 Å². The molecule has 6 rings (SSSR count). The molecule has 1 heterocycles. The van der Waals surface area contributed by atoms with Crippen LogP contribution < -0.4 is 26.0 Å². The molecule has 1 saturated carbocycles.